The van der Waals surface area contributed by atoms with Crippen LogP contribution in [0.2, 0.25) is 0 Å². The van der Waals surface area contributed by atoms with E-state index in [2.05, 4.69) is 6.92 Å². The maximum absolute atomic E-state index is 11.4. The summed E-state index contributed by atoms with van der Waals surface area (Å²) in [7, 11) is -9.70. The molecule has 0 aromatic carbocycles. The molecule has 6 nitrogen and oxygen atoms in total. The van der Waals surface area contributed by atoms with Crippen LogP contribution in [-0.4, -0.2) is 24.5 Å². The van der Waals surface area contributed by atoms with E-state index in [1.165, 1.54) is 32.1 Å². The van der Waals surface area contributed by atoms with Crippen LogP contribution >= 0.6 is 15.2 Å². The molecule has 0 rings (SSSR count). The van der Waals surface area contributed by atoms with Crippen LogP contribution in [0.1, 0.15) is 84.5 Å². The van der Waals surface area contributed by atoms with Crippen molar-refractivity contribution in [1.82, 2.24) is 0 Å². The minimum atomic E-state index is -4.85. The molecule has 0 fully saturated rings. The van der Waals surface area contributed by atoms with Gasteiger partial charge >= 0.3 is 15.2 Å². The summed E-state index contributed by atoms with van der Waals surface area (Å²) in [5.41, 5.74) is 0. The predicted octanol–water partition coefficient (Wildman–Crippen LogP) is 4.37. The molecule has 0 aromatic heterocycles. The van der Waals surface area contributed by atoms with Crippen LogP contribution in [0.25, 0.3) is 0 Å². The van der Waals surface area contributed by atoms with Crippen molar-refractivity contribution >= 4 is 15.2 Å². The van der Waals surface area contributed by atoms with Crippen molar-refractivity contribution in [2.75, 3.05) is 0 Å². The normalized spacial score (nSPS) is 13.5. The van der Waals surface area contributed by atoms with E-state index in [9.17, 15) is 28.7 Å². The fourth-order valence-electron chi connectivity index (χ4n) is 2.41. The minimum Gasteiger partial charge on any atom is -0.324 e. The number of hydrogen-bond donors (Lipinski definition) is 4. The molecule has 0 aromatic rings. The molecule has 0 spiro atoms. The Bertz CT molecular complexity index is 365. The molecule has 0 radical (unpaired) electrons. The Balaban J connectivity index is 3.94. The Labute approximate surface area is 134 Å². The molecule has 0 aliphatic rings. The summed E-state index contributed by atoms with van der Waals surface area (Å²) in [4.78, 5) is 34.7. The lowest BCUT2D eigenvalue weighted by Gasteiger charge is -2.30. The van der Waals surface area contributed by atoms with Gasteiger partial charge in [0.25, 0.3) is 0 Å². The van der Waals surface area contributed by atoms with Gasteiger partial charge in [0.15, 0.2) is 4.90 Å². The third kappa shape index (κ3) is 7.72. The Morgan fingerprint density at radius 2 is 1.00 bits per heavy atom. The van der Waals surface area contributed by atoms with Crippen molar-refractivity contribution in [2.45, 2.75) is 89.4 Å². The first-order valence-corrected chi connectivity index (χ1v) is 11.4. The zero-order chi connectivity index (χ0) is 17.3. The summed E-state index contributed by atoms with van der Waals surface area (Å²) in [5, 5.41) is 0. The van der Waals surface area contributed by atoms with E-state index in [0.29, 0.717) is 6.42 Å². The molecule has 0 saturated carbocycles. The smallest absolute Gasteiger partial charge is 0.324 e. The van der Waals surface area contributed by atoms with Gasteiger partial charge in [0.05, 0.1) is 0 Å². The van der Waals surface area contributed by atoms with E-state index in [-0.39, 0.29) is 6.42 Å². The van der Waals surface area contributed by atoms with E-state index in [1.54, 1.807) is 0 Å². The average Bonchev–Trinajstić information content (AvgIpc) is 2.38. The maximum Gasteiger partial charge on any atom is 0.343 e. The van der Waals surface area contributed by atoms with Crippen molar-refractivity contribution in [1.29, 1.82) is 0 Å². The molecule has 22 heavy (non-hydrogen) atoms. The first-order chi connectivity index (χ1) is 10.1. The Kier molecular flexibility index (Phi) is 10.4. The molecule has 0 aliphatic heterocycles. The highest BCUT2D eigenvalue weighted by Crippen LogP contribution is 2.70. The van der Waals surface area contributed by atoms with E-state index < -0.39 is 20.1 Å². The van der Waals surface area contributed by atoms with Gasteiger partial charge in [-0.2, -0.15) is 0 Å². The Hall–Kier alpha value is 0.300. The lowest BCUT2D eigenvalue weighted by atomic mass is 10.1. The largest absolute Gasteiger partial charge is 0.343 e. The molecule has 0 aliphatic carbocycles. The molecule has 0 unspecified atom stereocenters. The zero-order valence-electron chi connectivity index (χ0n) is 13.8. The molecule has 4 N–H and O–H groups in total. The fraction of sp³-hybridized carbons (Fsp3) is 1.00. The topological polar surface area (TPSA) is 115 Å². The highest BCUT2D eigenvalue weighted by Gasteiger charge is 2.55. The molecule has 0 bridgehead atoms. The third-order valence-corrected chi connectivity index (χ3v) is 8.78. The minimum absolute atomic E-state index is 0.155. The lowest BCUT2D eigenvalue weighted by Crippen LogP contribution is -2.24. The van der Waals surface area contributed by atoms with Crippen molar-refractivity contribution in [3.63, 3.8) is 0 Å². The van der Waals surface area contributed by atoms with Gasteiger partial charge in [-0.3, -0.25) is 9.13 Å². The van der Waals surface area contributed by atoms with E-state index in [4.69, 9.17) is 0 Å². The average molecular weight is 358 g/mol. The summed E-state index contributed by atoms with van der Waals surface area (Å²) in [6.45, 7) is 3.17. The van der Waals surface area contributed by atoms with Crippen LogP contribution in [0.3, 0.4) is 0 Å². The number of hydrogen-bond acceptors (Lipinski definition) is 2. The first kappa shape index (κ1) is 22.3. The van der Waals surface area contributed by atoms with Gasteiger partial charge in [0, 0.05) is 0 Å². The van der Waals surface area contributed by atoms with E-state index in [1.807, 2.05) is 0 Å². The summed E-state index contributed by atoms with van der Waals surface area (Å²) in [5.74, 6) is 0. The second-order valence-electron chi connectivity index (χ2n) is 6.24. The van der Waals surface area contributed by atoms with Crippen LogP contribution in [-0.2, 0) is 9.13 Å². The van der Waals surface area contributed by atoms with Gasteiger partial charge < -0.3 is 19.6 Å². The second kappa shape index (κ2) is 10.2. The SMILES string of the molecule is CCCCCCCCCCCCC(C)(P(=O)(O)O)P(=O)(O)O. The van der Waals surface area contributed by atoms with Gasteiger partial charge in [-0.05, 0) is 13.3 Å². The van der Waals surface area contributed by atoms with Crippen molar-refractivity contribution < 1.29 is 28.7 Å². The number of rotatable bonds is 13. The monoisotopic (exact) mass is 358 g/mol. The molecule has 0 atom stereocenters. The molecule has 0 amide bonds. The summed E-state index contributed by atoms with van der Waals surface area (Å²) >= 11 is 0. The summed E-state index contributed by atoms with van der Waals surface area (Å²) < 4.78 is 22.8. The van der Waals surface area contributed by atoms with Gasteiger partial charge in [0.1, 0.15) is 0 Å². The van der Waals surface area contributed by atoms with E-state index in [0.717, 1.165) is 32.6 Å². The molecule has 8 heteroatoms. The second-order valence-corrected chi connectivity index (χ2v) is 10.7. The molecule has 0 heterocycles. The van der Waals surface area contributed by atoms with Crippen molar-refractivity contribution in [3.05, 3.63) is 0 Å². The van der Waals surface area contributed by atoms with Crippen LogP contribution in [0.15, 0.2) is 0 Å². The fourth-order valence-corrected chi connectivity index (χ4v) is 4.66. The standard InChI is InChI=1S/C14H32O6P2/c1-3-4-5-6-7-8-9-10-11-12-13-14(2,21(15,16)17)22(18,19)20/h3-13H2,1-2H3,(H2,15,16,17)(H2,18,19,20). The Morgan fingerprint density at radius 3 is 1.32 bits per heavy atom. The van der Waals surface area contributed by atoms with Gasteiger partial charge in [0.2, 0.25) is 0 Å². The maximum atomic E-state index is 11.4. The summed E-state index contributed by atoms with van der Waals surface area (Å²) in [6.07, 6.45) is 10.4. The van der Waals surface area contributed by atoms with Crippen LogP contribution in [0.4, 0.5) is 0 Å². The summed E-state index contributed by atoms with van der Waals surface area (Å²) in [6, 6.07) is 0. The number of unbranched alkanes of at least 4 members (excludes halogenated alkanes) is 9. The molecular formula is C14H32O6P2. The van der Waals surface area contributed by atoms with Crippen LogP contribution < -0.4 is 0 Å². The zero-order valence-corrected chi connectivity index (χ0v) is 15.6. The quantitative estimate of drug-likeness (QED) is 0.287. The predicted molar refractivity (Wildman–Crippen MR) is 89.0 cm³/mol. The lowest BCUT2D eigenvalue weighted by molar-refractivity contribution is 0.304. The van der Waals surface area contributed by atoms with Crippen LogP contribution in [0, 0.1) is 0 Å². The Morgan fingerprint density at radius 1 is 0.682 bits per heavy atom. The van der Waals surface area contributed by atoms with Crippen LogP contribution in [0.5, 0.6) is 0 Å². The third-order valence-electron chi connectivity index (χ3n) is 4.26. The van der Waals surface area contributed by atoms with E-state index >= 15 is 0 Å². The molecule has 0 saturated heterocycles. The first-order valence-electron chi connectivity index (χ1n) is 8.17. The van der Waals surface area contributed by atoms with Gasteiger partial charge in [-0.1, -0.05) is 71.1 Å². The highest BCUT2D eigenvalue weighted by molar-refractivity contribution is 7.72. The molecular weight excluding hydrogens is 326 g/mol. The molecule has 134 valence electrons. The van der Waals surface area contributed by atoms with Gasteiger partial charge in [-0.25, -0.2) is 0 Å². The van der Waals surface area contributed by atoms with Crippen molar-refractivity contribution in [3.8, 4) is 0 Å². The highest BCUT2D eigenvalue weighted by atomic mass is 31.2. The van der Waals surface area contributed by atoms with Gasteiger partial charge in [-0.15, -0.1) is 0 Å². The van der Waals surface area contributed by atoms with Crippen molar-refractivity contribution in [2.24, 2.45) is 0 Å².